The fraction of sp³-hybridized carbons (Fsp3) is 0.391. The minimum absolute atomic E-state index is 0.0156. The Morgan fingerprint density at radius 3 is 2.11 bits per heavy atom. The molecule has 1 atom stereocenters. The molecule has 0 aliphatic heterocycles. The van der Waals surface area contributed by atoms with E-state index in [1.807, 2.05) is 6.92 Å². The third kappa shape index (κ3) is 8.43. The van der Waals surface area contributed by atoms with Crippen molar-refractivity contribution in [3.8, 4) is 0 Å². The van der Waals surface area contributed by atoms with Crippen LogP contribution in [0.25, 0.3) is 0 Å². The van der Waals surface area contributed by atoms with Crippen LogP contribution in [0.4, 0.5) is 5.69 Å². The maximum absolute atomic E-state index is 13.6. The van der Waals surface area contributed by atoms with Gasteiger partial charge in [-0.25, -0.2) is 8.42 Å². The monoisotopic (exact) mass is 581 g/mol. The molecule has 2 rings (SSSR count). The fourth-order valence-electron chi connectivity index (χ4n) is 3.42. The van der Waals surface area contributed by atoms with Crippen LogP contribution in [0.1, 0.15) is 32.3 Å². The average molecular weight is 583 g/mol. The second kappa shape index (κ2) is 13.0. The number of halogens is 4. The predicted octanol–water partition coefficient (Wildman–Crippen LogP) is 5.40. The first-order chi connectivity index (χ1) is 16.4. The fourth-order valence-corrected chi connectivity index (χ4v) is 5.09. The summed E-state index contributed by atoms with van der Waals surface area (Å²) in [7, 11) is -3.90. The van der Waals surface area contributed by atoms with E-state index in [0.717, 1.165) is 17.0 Å². The number of benzene rings is 2. The standard InChI is InChI=1S/C23H27Cl4N3O4S/c1-4-8-28-23(32)21(5-2)29(13-15-6-7-19(26)20(27)9-15)22(31)14-30(35(3,33)34)18-11-16(24)10-17(25)12-18/h6-7,9-12,21H,4-5,8,13-14H2,1-3H3,(H,28,32). The molecule has 7 nitrogen and oxygen atoms in total. The van der Waals surface area contributed by atoms with E-state index in [2.05, 4.69) is 5.32 Å². The van der Waals surface area contributed by atoms with Crippen LogP contribution in [-0.4, -0.2) is 50.5 Å². The number of carbonyl (C=O) groups excluding carboxylic acids is 2. The van der Waals surface area contributed by atoms with Crippen LogP contribution >= 0.6 is 46.4 Å². The number of amides is 2. The molecule has 0 aromatic heterocycles. The van der Waals surface area contributed by atoms with E-state index in [1.165, 1.54) is 23.1 Å². The van der Waals surface area contributed by atoms with Crippen molar-refractivity contribution in [1.82, 2.24) is 10.2 Å². The van der Waals surface area contributed by atoms with Crippen molar-refractivity contribution in [3.63, 3.8) is 0 Å². The zero-order chi connectivity index (χ0) is 26.3. The van der Waals surface area contributed by atoms with Gasteiger partial charge in [0.25, 0.3) is 0 Å². The van der Waals surface area contributed by atoms with Crippen LogP contribution in [-0.2, 0) is 26.2 Å². The molecule has 0 saturated carbocycles. The van der Waals surface area contributed by atoms with Gasteiger partial charge in [-0.15, -0.1) is 0 Å². The van der Waals surface area contributed by atoms with Gasteiger partial charge >= 0.3 is 0 Å². The second-order valence-electron chi connectivity index (χ2n) is 7.88. The summed E-state index contributed by atoms with van der Waals surface area (Å²) < 4.78 is 26.2. The number of sulfonamides is 1. The topological polar surface area (TPSA) is 86.8 Å². The van der Waals surface area contributed by atoms with Crippen molar-refractivity contribution >= 4 is 73.9 Å². The lowest BCUT2D eigenvalue weighted by molar-refractivity contribution is -0.140. The molecule has 0 bridgehead atoms. The summed E-state index contributed by atoms with van der Waals surface area (Å²) in [4.78, 5) is 27.8. The number of nitrogens with one attached hydrogen (secondary N) is 1. The molecule has 0 aliphatic carbocycles. The van der Waals surface area contributed by atoms with E-state index in [-0.39, 0.29) is 28.2 Å². The molecular weight excluding hydrogens is 556 g/mol. The second-order valence-corrected chi connectivity index (χ2v) is 11.5. The van der Waals surface area contributed by atoms with Gasteiger partial charge in [-0.05, 0) is 48.7 Å². The maximum atomic E-state index is 13.6. The maximum Gasteiger partial charge on any atom is 0.244 e. The minimum Gasteiger partial charge on any atom is -0.354 e. The predicted molar refractivity (Wildman–Crippen MR) is 143 cm³/mol. The Kier molecular flexibility index (Phi) is 11.0. The first kappa shape index (κ1) is 29.5. The van der Waals surface area contributed by atoms with Gasteiger partial charge in [-0.1, -0.05) is 66.3 Å². The van der Waals surface area contributed by atoms with Gasteiger partial charge in [0, 0.05) is 23.1 Å². The van der Waals surface area contributed by atoms with E-state index < -0.39 is 28.5 Å². The van der Waals surface area contributed by atoms with Crippen molar-refractivity contribution in [2.75, 3.05) is 23.7 Å². The Morgan fingerprint density at radius 1 is 0.971 bits per heavy atom. The highest BCUT2D eigenvalue weighted by atomic mass is 35.5. The van der Waals surface area contributed by atoms with E-state index in [0.29, 0.717) is 28.6 Å². The Hall–Kier alpha value is -1.71. The highest BCUT2D eigenvalue weighted by Gasteiger charge is 2.32. The van der Waals surface area contributed by atoms with E-state index in [9.17, 15) is 18.0 Å². The molecule has 0 spiro atoms. The van der Waals surface area contributed by atoms with Crippen LogP contribution in [0.3, 0.4) is 0 Å². The zero-order valence-corrected chi connectivity index (χ0v) is 23.4. The number of carbonyl (C=O) groups is 2. The van der Waals surface area contributed by atoms with E-state index in [1.54, 1.807) is 25.1 Å². The van der Waals surface area contributed by atoms with Gasteiger partial charge in [0.15, 0.2) is 0 Å². The molecule has 2 aromatic rings. The Morgan fingerprint density at radius 2 is 1.60 bits per heavy atom. The highest BCUT2D eigenvalue weighted by Crippen LogP contribution is 2.28. The summed E-state index contributed by atoms with van der Waals surface area (Å²) in [5.74, 6) is -0.921. The van der Waals surface area contributed by atoms with Crippen molar-refractivity contribution in [2.24, 2.45) is 0 Å². The lowest BCUT2D eigenvalue weighted by Gasteiger charge is -2.33. The van der Waals surface area contributed by atoms with Crippen LogP contribution < -0.4 is 9.62 Å². The number of hydrogen-bond acceptors (Lipinski definition) is 4. The molecule has 0 radical (unpaired) electrons. The molecule has 0 saturated heterocycles. The van der Waals surface area contributed by atoms with Gasteiger partial charge in [0.1, 0.15) is 12.6 Å². The van der Waals surface area contributed by atoms with Crippen LogP contribution in [0.15, 0.2) is 36.4 Å². The molecule has 2 amide bonds. The van der Waals surface area contributed by atoms with Gasteiger partial charge in [0.2, 0.25) is 21.8 Å². The van der Waals surface area contributed by atoms with E-state index in [4.69, 9.17) is 46.4 Å². The molecular formula is C23H27Cl4N3O4S. The van der Waals surface area contributed by atoms with Crippen LogP contribution in [0.5, 0.6) is 0 Å². The SMILES string of the molecule is CCCNC(=O)C(CC)N(Cc1ccc(Cl)c(Cl)c1)C(=O)CN(c1cc(Cl)cc(Cl)c1)S(C)(=O)=O. The summed E-state index contributed by atoms with van der Waals surface area (Å²) in [5, 5.41) is 3.88. The Balaban J connectivity index is 2.48. The van der Waals surface area contributed by atoms with Crippen molar-refractivity contribution in [3.05, 3.63) is 62.1 Å². The molecule has 0 heterocycles. The molecule has 0 aliphatic rings. The molecule has 192 valence electrons. The zero-order valence-electron chi connectivity index (χ0n) is 19.5. The van der Waals surface area contributed by atoms with Crippen molar-refractivity contribution in [2.45, 2.75) is 39.3 Å². The lowest BCUT2D eigenvalue weighted by atomic mass is 10.1. The summed E-state index contributed by atoms with van der Waals surface area (Å²) in [6, 6.07) is 8.30. The molecule has 1 unspecified atom stereocenters. The van der Waals surface area contributed by atoms with Gasteiger partial charge < -0.3 is 10.2 Å². The van der Waals surface area contributed by atoms with Crippen molar-refractivity contribution in [1.29, 1.82) is 0 Å². The summed E-state index contributed by atoms with van der Waals surface area (Å²) in [6.07, 6.45) is 2.01. The molecule has 35 heavy (non-hydrogen) atoms. The first-order valence-electron chi connectivity index (χ1n) is 10.8. The Labute approximate surface area is 226 Å². The number of anilines is 1. The van der Waals surface area contributed by atoms with Gasteiger partial charge in [0.05, 0.1) is 22.0 Å². The summed E-state index contributed by atoms with van der Waals surface area (Å²) >= 11 is 24.3. The average Bonchev–Trinajstić information content (AvgIpc) is 2.76. The Bertz CT molecular complexity index is 1160. The smallest absolute Gasteiger partial charge is 0.244 e. The lowest BCUT2D eigenvalue weighted by Crippen LogP contribution is -2.52. The summed E-state index contributed by atoms with van der Waals surface area (Å²) in [5.41, 5.74) is 0.766. The molecule has 12 heteroatoms. The van der Waals surface area contributed by atoms with Gasteiger partial charge in [-0.3, -0.25) is 13.9 Å². The molecule has 1 N–H and O–H groups in total. The quantitative estimate of drug-likeness (QED) is 0.384. The van der Waals surface area contributed by atoms with Crippen LogP contribution in [0.2, 0.25) is 20.1 Å². The third-order valence-corrected chi connectivity index (χ3v) is 7.40. The minimum atomic E-state index is -3.90. The molecule has 0 fully saturated rings. The number of nitrogens with zero attached hydrogens (tertiary/aromatic N) is 2. The van der Waals surface area contributed by atoms with Crippen molar-refractivity contribution < 1.29 is 18.0 Å². The first-order valence-corrected chi connectivity index (χ1v) is 14.2. The molecule has 2 aromatic carbocycles. The normalized spacial score (nSPS) is 12.2. The number of hydrogen-bond donors (Lipinski definition) is 1. The van der Waals surface area contributed by atoms with Gasteiger partial charge in [-0.2, -0.15) is 0 Å². The number of rotatable bonds is 11. The summed E-state index contributed by atoms with van der Waals surface area (Å²) in [6.45, 7) is 3.59. The van der Waals surface area contributed by atoms with Crippen LogP contribution in [0, 0.1) is 0 Å². The van der Waals surface area contributed by atoms with E-state index >= 15 is 0 Å². The largest absolute Gasteiger partial charge is 0.354 e. The highest BCUT2D eigenvalue weighted by molar-refractivity contribution is 7.92. The third-order valence-electron chi connectivity index (χ3n) is 5.09.